The minimum Gasteiger partial charge on any atom is -0.468 e. The van der Waals surface area contributed by atoms with Crippen LogP contribution in [0.15, 0.2) is 71.6 Å². The van der Waals surface area contributed by atoms with Gasteiger partial charge in [-0.15, -0.1) is 0 Å². The van der Waals surface area contributed by atoms with Crippen molar-refractivity contribution in [3.05, 3.63) is 77.9 Å². The van der Waals surface area contributed by atoms with Crippen molar-refractivity contribution in [2.24, 2.45) is 0 Å². The number of hydrogen-bond acceptors (Lipinski definition) is 6. The molecule has 1 fully saturated rings. The number of carbonyl (C=O) groups excluding carboxylic acids is 2. The summed E-state index contributed by atoms with van der Waals surface area (Å²) in [7, 11) is 0.769. The molecule has 3 aromatic rings. The van der Waals surface area contributed by atoms with E-state index >= 15 is 0 Å². The monoisotopic (exact) mass is 451 g/mol. The predicted octanol–water partition coefficient (Wildman–Crippen LogP) is 3.44. The summed E-state index contributed by atoms with van der Waals surface area (Å²) >= 11 is 0. The Balaban J connectivity index is 1.89. The molecule has 4 rings (SSSR count). The summed E-state index contributed by atoms with van der Waals surface area (Å²) in [6.07, 6.45) is -0.00960. The molecule has 166 valence electrons. The maximum absolute atomic E-state index is 14.0. The number of fused-ring (bicyclic) bond motifs is 1. The first-order valence-electron chi connectivity index (χ1n) is 10.3. The molecular weight excluding hydrogens is 426 g/mol. The van der Waals surface area contributed by atoms with E-state index in [1.807, 2.05) is 61.5 Å². The van der Waals surface area contributed by atoms with Crippen molar-refractivity contribution in [3.63, 3.8) is 0 Å². The van der Waals surface area contributed by atoms with E-state index in [4.69, 9.17) is 9.47 Å². The molecule has 32 heavy (non-hydrogen) atoms. The van der Waals surface area contributed by atoms with Gasteiger partial charge in [-0.2, -0.15) is 0 Å². The van der Waals surface area contributed by atoms with Gasteiger partial charge in [0, 0.05) is 11.3 Å². The summed E-state index contributed by atoms with van der Waals surface area (Å²) < 4.78 is 22.6. The van der Waals surface area contributed by atoms with Gasteiger partial charge in [0.1, 0.15) is 6.04 Å². The quantitative estimate of drug-likeness (QED) is 0.599. The number of rotatable bonds is 5. The summed E-state index contributed by atoms with van der Waals surface area (Å²) in [6.45, 7) is 1.94. The van der Waals surface area contributed by atoms with Crippen molar-refractivity contribution in [1.82, 2.24) is 5.32 Å². The van der Waals surface area contributed by atoms with E-state index in [0.717, 1.165) is 21.9 Å². The highest BCUT2D eigenvalue weighted by atomic mass is 32.2. The smallest absolute Gasteiger partial charge is 0.327 e. The van der Waals surface area contributed by atoms with Gasteiger partial charge in [-0.05, 0) is 41.5 Å². The second kappa shape index (κ2) is 8.84. The largest absolute Gasteiger partial charge is 0.468 e. The number of hydrogen-bond donors (Lipinski definition) is 1. The molecule has 0 radical (unpaired) electrons. The van der Waals surface area contributed by atoms with Gasteiger partial charge in [0.25, 0.3) is 0 Å². The number of methoxy groups -OCH3 is 2. The lowest BCUT2D eigenvalue weighted by atomic mass is 9.91. The van der Waals surface area contributed by atoms with Crippen LogP contribution in [-0.4, -0.2) is 41.2 Å². The van der Waals surface area contributed by atoms with Gasteiger partial charge >= 0.3 is 11.9 Å². The van der Waals surface area contributed by atoms with E-state index in [1.165, 1.54) is 14.2 Å². The Hall–Kier alpha value is -3.03. The van der Waals surface area contributed by atoms with Crippen molar-refractivity contribution >= 4 is 33.5 Å². The Morgan fingerprint density at radius 1 is 0.969 bits per heavy atom. The topological polar surface area (TPSA) is 81.7 Å². The SMILES string of the molecule is COC(=O)[C@@H]1C[C@@](C(=O)OC)(S(=O)c2ccc(C)cc2)[C@H](c2ccc3ccccc3c2)N1. The Kier molecular flexibility index (Phi) is 6.13. The predicted molar refractivity (Wildman–Crippen MR) is 123 cm³/mol. The minimum atomic E-state index is -1.80. The van der Waals surface area contributed by atoms with Crippen LogP contribution in [-0.2, 0) is 29.9 Å². The minimum absolute atomic E-state index is 0.00960. The van der Waals surface area contributed by atoms with Gasteiger partial charge in [-0.3, -0.25) is 19.1 Å². The van der Waals surface area contributed by atoms with Crippen LogP contribution in [0.1, 0.15) is 23.6 Å². The van der Waals surface area contributed by atoms with Crippen molar-refractivity contribution in [1.29, 1.82) is 0 Å². The highest BCUT2D eigenvalue weighted by Crippen LogP contribution is 2.45. The lowest BCUT2D eigenvalue weighted by Gasteiger charge is -2.31. The molecule has 1 aliphatic heterocycles. The van der Waals surface area contributed by atoms with Gasteiger partial charge < -0.3 is 9.47 Å². The summed E-state index contributed by atoms with van der Waals surface area (Å²) in [5.41, 5.74) is 1.77. The van der Waals surface area contributed by atoms with Gasteiger partial charge in [0.2, 0.25) is 0 Å². The first-order valence-corrected chi connectivity index (χ1v) is 11.4. The molecule has 7 heteroatoms. The normalized spacial score (nSPS) is 23.6. The van der Waals surface area contributed by atoms with Crippen LogP contribution in [0.25, 0.3) is 10.8 Å². The number of nitrogens with one attached hydrogen (secondary N) is 1. The van der Waals surface area contributed by atoms with Crippen molar-refractivity contribution in [2.45, 2.75) is 35.1 Å². The van der Waals surface area contributed by atoms with Gasteiger partial charge in [-0.25, -0.2) is 0 Å². The zero-order chi connectivity index (χ0) is 22.9. The Labute approximate surface area is 189 Å². The third kappa shape index (κ3) is 3.72. The molecule has 0 amide bonds. The Morgan fingerprint density at radius 3 is 2.31 bits per heavy atom. The Morgan fingerprint density at radius 2 is 1.66 bits per heavy atom. The number of carbonyl (C=O) groups is 2. The first-order chi connectivity index (χ1) is 15.4. The van der Waals surface area contributed by atoms with E-state index < -0.39 is 39.6 Å². The molecule has 0 bridgehead atoms. The number of aryl methyl sites for hydroxylation is 1. The molecule has 0 saturated carbocycles. The molecule has 0 aromatic heterocycles. The molecule has 3 aromatic carbocycles. The molecule has 6 nitrogen and oxygen atoms in total. The van der Waals surface area contributed by atoms with Crippen molar-refractivity contribution < 1.29 is 23.3 Å². The fourth-order valence-electron chi connectivity index (χ4n) is 4.37. The lowest BCUT2D eigenvalue weighted by molar-refractivity contribution is -0.144. The number of benzene rings is 3. The standard InChI is InChI=1S/C25H25NO5S/c1-16-8-12-20(13-9-16)32(29)25(24(28)31-3)15-21(23(27)30-2)26-22(25)19-11-10-17-6-4-5-7-18(17)14-19/h4-14,21-22,26H,15H2,1-3H3/t21-,22-,25+,32?/m0/s1. The van der Waals surface area contributed by atoms with E-state index in [0.29, 0.717) is 4.90 Å². The van der Waals surface area contributed by atoms with Crippen molar-refractivity contribution in [2.75, 3.05) is 14.2 Å². The summed E-state index contributed by atoms with van der Waals surface area (Å²) in [5.74, 6) is -1.14. The van der Waals surface area contributed by atoms with Crippen LogP contribution >= 0.6 is 0 Å². The second-order valence-electron chi connectivity index (χ2n) is 7.95. The van der Waals surface area contributed by atoms with Crippen LogP contribution in [0.3, 0.4) is 0 Å². The zero-order valence-corrected chi connectivity index (χ0v) is 19.0. The van der Waals surface area contributed by atoms with Gasteiger partial charge in [0.15, 0.2) is 4.75 Å². The third-order valence-corrected chi connectivity index (χ3v) is 7.96. The summed E-state index contributed by atoms with van der Waals surface area (Å²) in [6, 6.07) is 19.3. The highest BCUT2D eigenvalue weighted by molar-refractivity contribution is 7.87. The zero-order valence-electron chi connectivity index (χ0n) is 18.2. The maximum Gasteiger partial charge on any atom is 0.327 e. The van der Waals surface area contributed by atoms with Gasteiger partial charge in [-0.1, -0.05) is 54.1 Å². The van der Waals surface area contributed by atoms with Crippen LogP contribution in [0.5, 0.6) is 0 Å². The number of ether oxygens (including phenoxy) is 2. The van der Waals surface area contributed by atoms with E-state index in [9.17, 15) is 13.8 Å². The third-order valence-electron chi connectivity index (χ3n) is 6.03. The lowest BCUT2D eigenvalue weighted by Crippen LogP contribution is -2.48. The van der Waals surface area contributed by atoms with E-state index in [2.05, 4.69) is 5.32 Å². The molecule has 4 atom stereocenters. The maximum atomic E-state index is 14.0. The fraction of sp³-hybridized carbons (Fsp3) is 0.280. The van der Waals surface area contributed by atoms with Crippen LogP contribution in [0.4, 0.5) is 0 Å². The summed E-state index contributed by atoms with van der Waals surface area (Å²) in [4.78, 5) is 26.3. The van der Waals surface area contributed by atoms with E-state index in [-0.39, 0.29) is 6.42 Å². The molecule has 1 saturated heterocycles. The average molecular weight is 452 g/mol. The van der Waals surface area contributed by atoms with Crippen LogP contribution < -0.4 is 5.32 Å². The molecule has 1 heterocycles. The van der Waals surface area contributed by atoms with Crippen LogP contribution in [0, 0.1) is 6.92 Å². The Bertz CT molecular complexity index is 1190. The molecule has 1 aliphatic rings. The fourth-order valence-corrected chi connectivity index (χ4v) is 6.14. The highest BCUT2D eigenvalue weighted by Gasteiger charge is 2.60. The summed E-state index contributed by atoms with van der Waals surface area (Å²) in [5, 5.41) is 5.25. The first kappa shape index (κ1) is 22.2. The second-order valence-corrected chi connectivity index (χ2v) is 9.69. The van der Waals surface area contributed by atoms with Gasteiger partial charge in [0.05, 0.1) is 31.1 Å². The molecule has 1 unspecified atom stereocenters. The molecular formula is C25H25NO5S. The van der Waals surface area contributed by atoms with Crippen LogP contribution in [0.2, 0.25) is 0 Å². The van der Waals surface area contributed by atoms with Crippen molar-refractivity contribution in [3.8, 4) is 0 Å². The molecule has 0 aliphatic carbocycles. The molecule has 1 N–H and O–H groups in total. The average Bonchev–Trinajstić information content (AvgIpc) is 3.24. The van der Waals surface area contributed by atoms with E-state index in [1.54, 1.807) is 12.1 Å². The number of esters is 2. The molecule has 0 spiro atoms.